The van der Waals surface area contributed by atoms with Gasteiger partial charge in [-0.3, -0.25) is 4.79 Å². The van der Waals surface area contributed by atoms with Gasteiger partial charge in [0.1, 0.15) is 0 Å². The van der Waals surface area contributed by atoms with Crippen LogP contribution in [0.15, 0.2) is 0 Å². The SMILES string of the molecule is CCN(CC)CCCC(C)NC(=O)C1(COC)CCNCC1. The minimum Gasteiger partial charge on any atom is -0.384 e. The summed E-state index contributed by atoms with van der Waals surface area (Å²) in [6.07, 6.45) is 3.88. The number of hydrogen-bond acceptors (Lipinski definition) is 4. The molecule has 1 rings (SSSR count). The molecular weight excluding hydrogens is 278 g/mol. The van der Waals surface area contributed by atoms with Gasteiger partial charge in [-0.25, -0.2) is 0 Å². The van der Waals surface area contributed by atoms with E-state index in [0.717, 1.165) is 58.4 Å². The second kappa shape index (κ2) is 10.2. The van der Waals surface area contributed by atoms with Gasteiger partial charge < -0.3 is 20.3 Å². The smallest absolute Gasteiger partial charge is 0.228 e. The van der Waals surface area contributed by atoms with Gasteiger partial charge in [-0.05, 0) is 65.3 Å². The van der Waals surface area contributed by atoms with Gasteiger partial charge in [-0.2, -0.15) is 0 Å². The van der Waals surface area contributed by atoms with Crippen LogP contribution < -0.4 is 10.6 Å². The van der Waals surface area contributed by atoms with E-state index in [0.29, 0.717) is 6.61 Å². The Morgan fingerprint density at radius 1 is 1.32 bits per heavy atom. The number of carbonyl (C=O) groups excluding carboxylic acids is 1. The van der Waals surface area contributed by atoms with Crippen LogP contribution in [0.1, 0.15) is 46.5 Å². The summed E-state index contributed by atoms with van der Waals surface area (Å²) in [5.41, 5.74) is -0.340. The second-order valence-electron chi connectivity index (χ2n) is 6.51. The number of nitrogens with one attached hydrogen (secondary N) is 2. The number of carbonyl (C=O) groups is 1. The number of methoxy groups -OCH3 is 1. The first kappa shape index (κ1) is 19.4. The van der Waals surface area contributed by atoms with Gasteiger partial charge in [-0.1, -0.05) is 13.8 Å². The van der Waals surface area contributed by atoms with E-state index in [1.54, 1.807) is 7.11 Å². The van der Waals surface area contributed by atoms with Crippen LogP contribution in [0.5, 0.6) is 0 Å². The molecule has 0 spiro atoms. The molecule has 1 amide bonds. The average Bonchev–Trinajstić information content (AvgIpc) is 2.52. The van der Waals surface area contributed by atoms with Crippen molar-refractivity contribution in [3.8, 4) is 0 Å². The Kier molecular flexibility index (Phi) is 8.98. The molecule has 22 heavy (non-hydrogen) atoms. The van der Waals surface area contributed by atoms with Crippen LogP contribution in [0.4, 0.5) is 0 Å². The maximum absolute atomic E-state index is 12.7. The number of piperidine rings is 1. The summed E-state index contributed by atoms with van der Waals surface area (Å²) in [6, 6.07) is 0.228. The highest BCUT2D eigenvalue weighted by Gasteiger charge is 2.39. The summed E-state index contributed by atoms with van der Waals surface area (Å²) in [7, 11) is 1.69. The van der Waals surface area contributed by atoms with Crippen molar-refractivity contribution in [3.05, 3.63) is 0 Å². The Balaban J connectivity index is 2.40. The van der Waals surface area contributed by atoms with Crippen LogP contribution in [-0.4, -0.2) is 63.3 Å². The number of nitrogens with zero attached hydrogens (tertiary/aromatic N) is 1. The average molecular weight is 313 g/mol. The molecule has 130 valence electrons. The van der Waals surface area contributed by atoms with Gasteiger partial charge >= 0.3 is 0 Å². The highest BCUT2D eigenvalue weighted by Crippen LogP contribution is 2.29. The summed E-state index contributed by atoms with van der Waals surface area (Å²) >= 11 is 0. The minimum atomic E-state index is -0.340. The van der Waals surface area contributed by atoms with E-state index in [-0.39, 0.29) is 17.4 Å². The van der Waals surface area contributed by atoms with Gasteiger partial charge in [0, 0.05) is 13.2 Å². The Bertz CT molecular complexity index is 308. The topological polar surface area (TPSA) is 53.6 Å². The number of hydrogen-bond donors (Lipinski definition) is 2. The van der Waals surface area contributed by atoms with Gasteiger partial charge in [-0.15, -0.1) is 0 Å². The largest absolute Gasteiger partial charge is 0.384 e. The third-order valence-corrected chi connectivity index (χ3v) is 4.85. The molecule has 0 saturated carbocycles. The fraction of sp³-hybridized carbons (Fsp3) is 0.941. The molecule has 0 aromatic rings. The quantitative estimate of drug-likeness (QED) is 0.644. The van der Waals surface area contributed by atoms with Gasteiger partial charge in [0.05, 0.1) is 12.0 Å². The number of rotatable bonds is 10. The molecule has 0 aromatic heterocycles. The molecule has 0 bridgehead atoms. The Labute approximate surface area is 136 Å². The maximum atomic E-state index is 12.7. The van der Waals surface area contributed by atoms with Crippen molar-refractivity contribution in [3.63, 3.8) is 0 Å². The van der Waals surface area contributed by atoms with Crippen LogP contribution in [0.2, 0.25) is 0 Å². The molecule has 5 heteroatoms. The van der Waals surface area contributed by atoms with E-state index >= 15 is 0 Å². The molecule has 1 saturated heterocycles. The zero-order valence-electron chi connectivity index (χ0n) is 14.9. The molecule has 1 aliphatic heterocycles. The standard InChI is InChI=1S/C17H35N3O2/c1-5-20(6-2)13-7-8-15(3)19-16(21)17(14-22-4)9-11-18-12-10-17/h15,18H,5-14H2,1-4H3,(H,19,21). The molecule has 0 radical (unpaired) electrons. The summed E-state index contributed by atoms with van der Waals surface area (Å²) in [5.74, 6) is 0.172. The Hall–Kier alpha value is -0.650. The van der Waals surface area contributed by atoms with Crippen LogP contribution in [0.25, 0.3) is 0 Å². The lowest BCUT2D eigenvalue weighted by Gasteiger charge is -2.36. The van der Waals surface area contributed by atoms with Gasteiger partial charge in [0.2, 0.25) is 5.91 Å². The first-order valence-electron chi connectivity index (χ1n) is 8.81. The fourth-order valence-electron chi connectivity index (χ4n) is 3.23. The molecule has 2 N–H and O–H groups in total. The van der Waals surface area contributed by atoms with E-state index in [4.69, 9.17) is 4.74 Å². The van der Waals surface area contributed by atoms with Crippen molar-refractivity contribution in [2.24, 2.45) is 5.41 Å². The van der Waals surface area contributed by atoms with E-state index in [1.165, 1.54) is 0 Å². The van der Waals surface area contributed by atoms with Crippen molar-refractivity contribution in [1.82, 2.24) is 15.5 Å². The molecule has 0 aromatic carbocycles. The monoisotopic (exact) mass is 313 g/mol. The first-order valence-corrected chi connectivity index (χ1v) is 8.81. The van der Waals surface area contributed by atoms with Gasteiger partial charge in [0.15, 0.2) is 0 Å². The third kappa shape index (κ3) is 5.86. The second-order valence-corrected chi connectivity index (χ2v) is 6.51. The maximum Gasteiger partial charge on any atom is 0.228 e. The van der Waals surface area contributed by atoms with Crippen LogP contribution in [0, 0.1) is 5.41 Å². The minimum absolute atomic E-state index is 0.172. The first-order chi connectivity index (χ1) is 10.6. The number of ether oxygens (including phenoxy) is 1. The van der Waals surface area contributed by atoms with E-state index < -0.39 is 0 Å². The molecule has 5 nitrogen and oxygen atoms in total. The van der Waals surface area contributed by atoms with Crippen molar-refractivity contribution in [2.45, 2.75) is 52.5 Å². The predicted molar refractivity (Wildman–Crippen MR) is 91.0 cm³/mol. The van der Waals surface area contributed by atoms with E-state index in [1.807, 2.05) is 0 Å². The molecule has 1 unspecified atom stereocenters. The Morgan fingerprint density at radius 3 is 2.50 bits per heavy atom. The summed E-state index contributed by atoms with van der Waals surface area (Å²) in [5, 5.41) is 6.54. The zero-order valence-corrected chi connectivity index (χ0v) is 14.9. The highest BCUT2D eigenvalue weighted by molar-refractivity contribution is 5.83. The highest BCUT2D eigenvalue weighted by atomic mass is 16.5. The predicted octanol–water partition coefficient (Wildman–Crippen LogP) is 1.63. The summed E-state index contributed by atoms with van der Waals surface area (Å²) in [6.45, 7) is 12.1. The molecular formula is C17H35N3O2. The molecule has 1 atom stereocenters. The van der Waals surface area contributed by atoms with E-state index in [2.05, 4.69) is 36.3 Å². The third-order valence-electron chi connectivity index (χ3n) is 4.85. The van der Waals surface area contributed by atoms with Crippen molar-refractivity contribution in [2.75, 3.05) is 46.4 Å². The van der Waals surface area contributed by atoms with Crippen molar-refractivity contribution >= 4 is 5.91 Å². The lowest BCUT2D eigenvalue weighted by Crippen LogP contribution is -2.52. The fourth-order valence-corrected chi connectivity index (χ4v) is 3.23. The Morgan fingerprint density at radius 2 is 1.95 bits per heavy atom. The lowest BCUT2D eigenvalue weighted by atomic mass is 9.78. The van der Waals surface area contributed by atoms with Gasteiger partial charge in [0.25, 0.3) is 0 Å². The summed E-state index contributed by atoms with van der Waals surface area (Å²) < 4.78 is 5.33. The van der Waals surface area contributed by atoms with Crippen molar-refractivity contribution < 1.29 is 9.53 Å². The van der Waals surface area contributed by atoms with Crippen LogP contribution in [0.3, 0.4) is 0 Å². The van der Waals surface area contributed by atoms with Crippen LogP contribution in [-0.2, 0) is 9.53 Å². The van der Waals surface area contributed by atoms with Crippen LogP contribution >= 0.6 is 0 Å². The van der Waals surface area contributed by atoms with E-state index in [9.17, 15) is 4.79 Å². The lowest BCUT2D eigenvalue weighted by molar-refractivity contribution is -0.136. The summed E-state index contributed by atoms with van der Waals surface area (Å²) in [4.78, 5) is 15.1. The number of amides is 1. The normalized spacial score (nSPS) is 19.1. The van der Waals surface area contributed by atoms with Crippen molar-refractivity contribution in [1.29, 1.82) is 0 Å². The molecule has 0 aliphatic carbocycles. The molecule has 1 fully saturated rings. The zero-order chi connectivity index (χ0) is 16.4. The molecule has 1 aliphatic rings. The molecule has 1 heterocycles.